The van der Waals surface area contributed by atoms with E-state index in [9.17, 15) is 18.0 Å². The van der Waals surface area contributed by atoms with E-state index in [1.54, 1.807) is 7.05 Å². The largest absolute Gasteiger partial charge is 0.416 e. The standard InChI is InChI=1S/C28H30F3N5O2/c1-27(25-32-24(33-38-25)21-16-34(2)22-7-5-4-6-20(21)22)14-17-8-13-23(27)36(15-17)26(37)35(3)19-11-9-18(10-12-19)28(29,30)31/h4,6,9-12,16-17,23H,5,7-8,13-15H2,1-3H3. The van der Waals surface area contributed by atoms with Crippen LogP contribution < -0.4 is 4.90 Å². The highest BCUT2D eigenvalue weighted by molar-refractivity contribution is 5.92. The zero-order valence-corrected chi connectivity index (χ0v) is 21.6. The fourth-order valence-corrected chi connectivity index (χ4v) is 6.58. The zero-order valence-electron chi connectivity index (χ0n) is 21.6. The minimum absolute atomic E-state index is 0.158. The highest BCUT2D eigenvalue weighted by Crippen LogP contribution is 2.49. The molecule has 4 heterocycles. The van der Waals surface area contributed by atoms with Crippen LogP contribution in [-0.4, -0.2) is 45.3 Å². The van der Waals surface area contributed by atoms with Crippen LogP contribution in [0.4, 0.5) is 23.7 Å². The number of benzene rings is 1. The Labute approximate surface area is 218 Å². The molecule has 38 heavy (non-hydrogen) atoms. The quantitative estimate of drug-likeness (QED) is 0.418. The monoisotopic (exact) mass is 525 g/mol. The molecule has 3 atom stereocenters. The predicted molar refractivity (Wildman–Crippen MR) is 136 cm³/mol. The maximum absolute atomic E-state index is 13.6. The molecule has 2 bridgehead atoms. The third-order valence-corrected chi connectivity index (χ3v) is 8.58. The number of halogens is 3. The molecule has 200 valence electrons. The van der Waals surface area contributed by atoms with Crippen molar-refractivity contribution in [3.63, 3.8) is 0 Å². The summed E-state index contributed by atoms with van der Waals surface area (Å²) in [4.78, 5) is 21.8. The molecule has 0 spiro atoms. The van der Waals surface area contributed by atoms with Crippen LogP contribution in [0.15, 0.2) is 41.1 Å². The van der Waals surface area contributed by atoms with Gasteiger partial charge in [-0.2, -0.15) is 18.2 Å². The van der Waals surface area contributed by atoms with E-state index >= 15 is 0 Å². The van der Waals surface area contributed by atoms with Crippen LogP contribution in [0.2, 0.25) is 0 Å². The second kappa shape index (κ2) is 8.74. The van der Waals surface area contributed by atoms with Crippen molar-refractivity contribution in [1.82, 2.24) is 19.6 Å². The molecule has 2 aromatic heterocycles. The number of urea groups is 1. The molecule has 4 aliphatic rings. The van der Waals surface area contributed by atoms with E-state index in [-0.39, 0.29) is 18.0 Å². The lowest BCUT2D eigenvalue weighted by molar-refractivity contribution is -0.137. The van der Waals surface area contributed by atoms with E-state index < -0.39 is 17.2 Å². The van der Waals surface area contributed by atoms with Gasteiger partial charge in [-0.05, 0) is 69.2 Å². The van der Waals surface area contributed by atoms with Gasteiger partial charge < -0.3 is 14.0 Å². The molecule has 1 aromatic carbocycles. The second-order valence-corrected chi connectivity index (χ2v) is 11.0. The number of alkyl halides is 3. The van der Waals surface area contributed by atoms with Gasteiger partial charge in [0.1, 0.15) is 0 Å². The van der Waals surface area contributed by atoms with Gasteiger partial charge in [0.2, 0.25) is 11.7 Å². The molecule has 0 N–H and O–H groups in total. The number of fused-ring (bicyclic) bond motifs is 4. The Morgan fingerprint density at radius 3 is 2.68 bits per heavy atom. The maximum Gasteiger partial charge on any atom is 0.416 e. The molecule has 3 aromatic rings. The summed E-state index contributed by atoms with van der Waals surface area (Å²) < 4.78 is 47.0. The Balaban J connectivity index is 1.27. The highest BCUT2D eigenvalue weighted by atomic mass is 19.4. The van der Waals surface area contributed by atoms with E-state index in [0.717, 1.165) is 55.4 Å². The Bertz CT molecular complexity index is 1410. The molecule has 3 unspecified atom stereocenters. The first-order valence-electron chi connectivity index (χ1n) is 13.0. The smallest absolute Gasteiger partial charge is 0.353 e. The van der Waals surface area contributed by atoms with Crippen molar-refractivity contribution in [3.8, 4) is 11.4 Å². The lowest BCUT2D eigenvalue weighted by Gasteiger charge is -2.54. The summed E-state index contributed by atoms with van der Waals surface area (Å²) in [7, 11) is 3.63. The van der Waals surface area contributed by atoms with Crippen LogP contribution in [0.3, 0.4) is 0 Å². The number of piperidine rings is 2. The first-order valence-corrected chi connectivity index (χ1v) is 13.0. The zero-order chi connectivity index (χ0) is 26.8. The molecule has 0 radical (unpaired) electrons. The SMILES string of the molecule is CN(C(=O)N1CC2CCC1C(C)(c1nc(-c3cn(C)c4c3C=CCC4)no1)C2)c1ccc(C(F)(F)F)cc1. The fourth-order valence-electron chi connectivity index (χ4n) is 6.58. The van der Waals surface area contributed by atoms with Crippen LogP contribution in [0, 0.1) is 5.92 Å². The number of carbonyl (C=O) groups excluding carboxylic acids is 1. The number of nitrogens with zero attached hydrogens (tertiary/aromatic N) is 5. The van der Waals surface area contributed by atoms with E-state index in [1.165, 1.54) is 22.7 Å². The summed E-state index contributed by atoms with van der Waals surface area (Å²) in [6.07, 6.45) is 6.51. The van der Waals surface area contributed by atoms with Crippen LogP contribution in [-0.2, 0) is 25.1 Å². The molecule has 2 amide bonds. The molecule has 1 saturated carbocycles. The van der Waals surface area contributed by atoms with Crippen molar-refractivity contribution in [1.29, 1.82) is 0 Å². The third kappa shape index (κ3) is 3.92. The van der Waals surface area contributed by atoms with Gasteiger partial charge in [0, 0.05) is 55.4 Å². The van der Waals surface area contributed by atoms with Crippen LogP contribution in [0.25, 0.3) is 17.5 Å². The number of rotatable bonds is 3. The van der Waals surface area contributed by atoms with E-state index in [2.05, 4.69) is 28.8 Å². The number of aromatic nitrogens is 3. The summed E-state index contributed by atoms with van der Waals surface area (Å²) >= 11 is 0. The number of hydrogen-bond acceptors (Lipinski definition) is 4. The predicted octanol–water partition coefficient (Wildman–Crippen LogP) is 6.05. The molecule has 3 fully saturated rings. The van der Waals surface area contributed by atoms with Crippen molar-refractivity contribution >= 4 is 17.8 Å². The number of anilines is 1. The Hall–Kier alpha value is -3.56. The highest BCUT2D eigenvalue weighted by Gasteiger charge is 2.54. The summed E-state index contributed by atoms with van der Waals surface area (Å²) in [5.41, 5.74) is 2.46. The van der Waals surface area contributed by atoms with Gasteiger partial charge in [-0.1, -0.05) is 17.3 Å². The second-order valence-electron chi connectivity index (χ2n) is 11.0. The minimum atomic E-state index is -4.42. The average Bonchev–Trinajstić information content (AvgIpc) is 3.53. The summed E-state index contributed by atoms with van der Waals surface area (Å²) in [5, 5.41) is 4.35. The number of aryl methyl sites for hydroxylation is 1. The Kier molecular flexibility index (Phi) is 5.70. The van der Waals surface area contributed by atoms with E-state index in [1.807, 2.05) is 18.1 Å². The Morgan fingerprint density at radius 1 is 1.21 bits per heavy atom. The van der Waals surface area contributed by atoms with Gasteiger partial charge in [-0.25, -0.2) is 4.79 Å². The van der Waals surface area contributed by atoms with E-state index in [0.29, 0.717) is 23.9 Å². The molecular formula is C28H30F3N5O2. The number of hydrogen-bond donors (Lipinski definition) is 0. The minimum Gasteiger partial charge on any atom is -0.353 e. The average molecular weight is 526 g/mol. The van der Waals surface area contributed by atoms with Gasteiger partial charge in [0.15, 0.2) is 0 Å². The number of carbonyl (C=O) groups is 1. The van der Waals surface area contributed by atoms with Crippen molar-refractivity contribution in [2.24, 2.45) is 13.0 Å². The fraction of sp³-hybridized carbons (Fsp3) is 0.464. The van der Waals surface area contributed by atoms with Crippen LogP contribution >= 0.6 is 0 Å². The molecule has 7 rings (SSSR count). The first kappa shape index (κ1) is 24.8. The van der Waals surface area contributed by atoms with Crippen molar-refractivity contribution in [3.05, 3.63) is 59.2 Å². The van der Waals surface area contributed by atoms with E-state index in [4.69, 9.17) is 9.51 Å². The summed E-state index contributed by atoms with van der Waals surface area (Å²) in [5.74, 6) is 1.35. The summed E-state index contributed by atoms with van der Waals surface area (Å²) in [6, 6.07) is 4.27. The van der Waals surface area contributed by atoms with Crippen molar-refractivity contribution < 1.29 is 22.5 Å². The summed E-state index contributed by atoms with van der Waals surface area (Å²) in [6.45, 7) is 2.68. The number of amides is 2. The van der Waals surface area contributed by atoms with Gasteiger partial charge >= 0.3 is 12.2 Å². The van der Waals surface area contributed by atoms with Crippen LogP contribution in [0.1, 0.15) is 55.3 Å². The first-order chi connectivity index (χ1) is 18.1. The molecule has 2 aliphatic carbocycles. The molecule has 10 heteroatoms. The third-order valence-electron chi connectivity index (χ3n) is 8.58. The van der Waals surface area contributed by atoms with Gasteiger partial charge in [-0.3, -0.25) is 4.90 Å². The van der Waals surface area contributed by atoms with Gasteiger partial charge in [0.05, 0.1) is 11.0 Å². The normalized spacial score (nSPS) is 24.5. The lowest BCUT2D eigenvalue weighted by Crippen LogP contribution is -2.63. The van der Waals surface area contributed by atoms with Crippen molar-refractivity contribution in [2.45, 2.75) is 56.7 Å². The van der Waals surface area contributed by atoms with Crippen molar-refractivity contribution in [2.75, 3.05) is 18.5 Å². The van der Waals surface area contributed by atoms with Gasteiger partial charge in [0.25, 0.3) is 0 Å². The Morgan fingerprint density at radius 2 is 1.97 bits per heavy atom. The molecule has 7 nitrogen and oxygen atoms in total. The van der Waals surface area contributed by atoms with Crippen LogP contribution in [0.5, 0.6) is 0 Å². The number of allylic oxidation sites excluding steroid dienone is 1. The molecular weight excluding hydrogens is 495 g/mol. The van der Waals surface area contributed by atoms with Gasteiger partial charge in [-0.15, -0.1) is 0 Å². The molecule has 2 saturated heterocycles. The molecule has 2 aliphatic heterocycles. The lowest BCUT2D eigenvalue weighted by atomic mass is 9.63. The maximum atomic E-state index is 13.6. The topological polar surface area (TPSA) is 67.4 Å².